The molecule has 29 heavy (non-hydrogen) atoms. The first kappa shape index (κ1) is 19.1. The van der Waals surface area contributed by atoms with Crippen LogP contribution in [0.3, 0.4) is 0 Å². The van der Waals surface area contributed by atoms with Crippen LogP contribution >= 0.6 is 0 Å². The lowest BCUT2D eigenvalue weighted by Gasteiger charge is -2.31. The topological polar surface area (TPSA) is 68.5 Å². The van der Waals surface area contributed by atoms with E-state index in [1.807, 2.05) is 24.0 Å². The van der Waals surface area contributed by atoms with E-state index in [0.29, 0.717) is 42.6 Å². The third-order valence-electron chi connectivity index (χ3n) is 5.00. The van der Waals surface area contributed by atoms with Gasteiger partial charge in [-0.15, -0.1) is 10.2 Å². The second kappa shape index (κ2) is 8.43. The second-order valence-corrected chi connectivity index (χ2v) is 7.00. The van der Waals surface area contributed by atoms with E-state index < -0.39 is 0 Å². The SMILES string of the molecule is CCOc1ccc(C(=O)N2CCCC(c3nnc(-c4ccc(F)cc4)o3)C2)cc1. The zero-order chi connectivity index (χ0) is 20.2. The van der Waals surface area contributed by atoms with Crippen LogP contribution in [0.15, 0.2) is 52.9 Å². The minimum Gasteiger partial charge on any atom is -0.494 e. The van der Waals surface area contributed by atoms with Gasteiger partial charge in [0.15, 0.2) is 0 Å². The molecular weight excluding hydrogens is 373 g/mol. The Morgan fingerprint density at radius 1 is 1.17 bits per heavy atom. The zero-order valence-electron chi connectivity index (χ0n) is 16.2. The molecule has 0 radical (unpaired) electrons. The molecule has 1 fully saturated rings. The molecule has 3 aromatic rings. The average molecular weight is 395 g/mol. The molecular formula is C22H22FN3O3. The second-order valence-electron chi connectivity index (χ2n) is 7.00. The van der Waals surface area contributed by atoms with E-state index in [0.717, 1.165) is 18.6 Å². The lowest BCUT2D eigenvalue weighted by atomic mass is 9.97. The number of ether oxygens (including phenoxy) is 1. The summed E-state index contributed by atoms with van der Waals surface area (Å²) >= 11 is 0. The van der Waals surface area contributed by atoms with Gasteiger partial charge >= 0.3 is 0 Å². The molecule has 4 rings (SSSR count). The van der Waals surface area contributed by atoms with Crippen LogP contribution in [0.2, 0.25) is 0 Å². The van der Waals surface area contributed by atoms with Crippen LogP contribution in [0, 0.1) is 5.82 Å². The van der Waals surface area contributed by atoms with Crippen molar-refractivity contribution in [1.82, 2.24) is 15.1 Å². The summed E-state index contributed by atoms with van der Waals surface area (Å²) in [5.41, 5.74) is 1.30. The number of nitrogens with zero attached hydrogens (tertiary/aromatic N) is 3. The number of amides is 1. The molecule has 1 amide bonds. The fourth-order valence-corrected chi connectivity index (χ4v) is 3.51. The predicted octanol–water partition coefficient (Wildman–Crippen LogP) is 4.29. The van der Waals surface area contributed by atoms with Crippen molar-refractivity contribution in [2.45, 2.75) is 25.7 Å². The summed E-state index contributed by atoms with van der Waals surface area (Å²) in [5.74, 6) is 1.26. The van der Waals surface area contributed by atoms with Crippen molar-refractivity contribution in [3.8, 4) is 17.2 Å². The van der Waals surface area contributed by atoms with Gasteiger partial charge in [-0.1, -0.05) is 0 Å². The Kier molecular flexibility index (Phi) is 5.55. The molecule has 1 atom stereocenters. The van der Waals surface area contributed by atoms with E-state index in [1.165, 1.54) is 12.1 Å². The minimum atomic E-state index is -0.316. The van der Waals surface area contributed by atoms with Gasteiger partial charge in [0.2, 0.25) is 11.8 Å². The van der Waals surface area contributed by atoms with E-state index in [-0.39, 0.29) is 17.6 Å². The molecule has 1 unspecified atom stereocenters. The van der Waals surface area contributed by atoms with Crippen molar-refractivity contribution in [3.63, 3.8) is 0 Å². The Balaban J connectivity index is 1.45. The predicted molar refractivity (Wildman–Crippen MR) is 105 cm³/mol. The van der Waals surface area contributed by atoms with Gasteiger partial charge in [-0.2, -0.15) is 0 Å². The summed E-state index contributed by atoms with van der Waals surface area (Å²) in [7, 11) is 0. The molecule has 1 aliphatic rings. The van der Waals surface area contributed by atoms with Crippen molar-refractivity contribution < 1.29 is 18.3 Å². The van der Waals surface area contributed by atoms with Gasteiger partial charge in [0, 0.05) is 24.2 Å². The number of piperidine rings is 1. The van der Waals surface area contributed by atoms with E-state index in [4.69, 9.17) is 9.15 Å². The summed E-state index contributed by atoms with van der Waals surface area (Å²) < 4.78 is 24.4. The Hall–Kier alpha value is -3.22. The molecule has 2 heterocycles. The average Bonchev–Trinajstić information content (AvgIpc) is 3.25. The van der Waals surface area contributed by atoms with Gasteiger partial charge in [-0.3, -0.25) is 4.79 Å². The van der Waals surface area contributed by atoms with Gasteiger partial charge in [-0.25, -0.2) is 4.39 Å². The number of halogens is 1. The van der Waals surface area contributed by atoms with Crippen molar-refractivity contribution >= 4 is 5.91 Å². The van der Waals surface area contributed by atoms with Gasteiger partial charge in [0.05, 0.1) is 12.5 Å². The lowest BCUT2D eigenvalue weighted by Crippen LogP contribution is -2.39. The fourth-order valence-electron chi connectivity index (χ4n) is 3.51. The first-order valence-electron chi connectivity index (χ1n) is 9.75. The molecule has 0 saturated carbocycles. The highest BCUT2D eigenvalue weighted by Crippen LogP contribution is 2.29. The summed E-state index contributed by atoms with van der Waals surface area (Å²) in [6.45, 7) is 3.73. The Labute approximate surface area is 168 Å². The molecule has 0 N–H and O–H groups in total. The molecule has 0 bridgehead atoms. The van der Waals surface area contributed by atoms with Gasteiger partial charge in [-0.05, 0) is 68.3 Å². The smallest absolute Gasteiger partial charge is 0.253 e. The van der Waals surface area contributed by atoms with E-state index in [9.17, 15) is 9.18 Å². The van der Waals surface area contributed by atoms with Crippen molar-refractivity contribution in [3.05, 3.63) is 65.8 Å². The molecule has 1 saturated heterocycles. The third-order valence-corrected chi connectivity index (χ3v) is 5.00. The summed E-state index contributed by atoms with van der Waals surface area (Å²) in [6, 6.07) is 13.1. The zero-order valence-corrected chi connectivity index (χ0v) is 16.2. The highest BCUT2D eigenvalue weighted by Gasteiger charge is 2.29. The van der Waals surface area contributed by atoms with E-state index in [2.05, 4.69) is 10.2 Å². The van der Waals surface area contributed by atoms with Crippen LogP contribution in [0.25, 0.3) is 11.5 Å². The Morgan fingerprint density at radius 2 is 1.93 bits per heavy atom. The highest BCUT2D eigenvalue weighted by atomic mass is 19.1. The molecule has 6 nitrogen and oxygen atoms in total. The maximum Gasteiger partial charge on any atom is 0.253 e. The van der Waals surface area contributed by atoms with Crippen molar-refractivity contribution in [2.24, 2.45) is 0 Å². The standard InChI is InChI=1S/C22H22FN3O3/c1-2-28-19-11-7-16(8-12-19)22(27)26-13-3-4-17(14-26)21-25-24-20(29-21)15-5-9-18(23)10-6-15/h5-12,17H,2-4,13-14H2,1H3. The molecule has 7 heteroatoms. The molecule has 150 valence electrons. The van der Waals surface area contributed by atoms with Gasteiger partial charge in [0.1, 0.15) is 11.6 Å². The highest BCUT2D eigenvalue weighted by molar-refractivity contribution is 5.94. The fraction of sp³-hybridized carbons (Fsp3) is 0.318. The Morgan fingerprint density at radius 3 is 2.66 bits per heavy atom. The molecule has 1 aromatic heterocycles. The number of aromatic nitrogens is 2. The van der Waals surface area contributed by atoms with Crippen LogP contribution in [0.4, 0.5) is 4.39 Å². The van der Waals surface area contributed by atoms with E-state index >= 15 is 0 Å². The van der Waals surface area contributed by atoms with Crippen LogP contribution in [0.5, 0.6) is 5.75 Å². The van der Waals surface area contributed by atoms with Crippen LogP contribution < -0.4 is 4.74 Å². The number of carbonyl (C=O) groups excluding carboxylic acids is 1. The summed E-state index contributed by atoms with van der Waals surface area (Å²) in [5, 5.41) is 8.26. The van der Waals surface area contributed by atoms with E-state index in [1.54, 1.807) is 24.3 Å². The first-order valence-corrected chi connectivity index (χ1v) is 9.75. The number of rotatable bonds is 5. The molecule has 1 aliphatic heterocycles. The maximum atomic E-state index is 13.1. The largest absolute Gasteiger partial charge is 0.494 e. The van der Waals surface area contributed by atoms with Crippen molar-refractivity contribution in [1.29, 1.82) is 0 Å². The third kappa shape index (κ3) is 4.29. The number of hydrogen-bond acceptors (Lipinski definition) is 5. The summed E-state index contributed by atoms with van der Waals surface area (Å²) in [6.07, 6.45) is 1.74. The first-order chi connectivity index (χ1) is 14.1. The van der Waals surface area contributed by atoms with Crippen molar-refractivity contribution in [2.75, 3.05) is 19.7 Å². The Bertz CT molecular complexity index is 970. The lowest BCUT2D eigenvalue weighted by molar-refractivity contribution is 0.0698. The summed E-state index contributed by atoms with van der Waals surface area (Å²) in [4.78, 5) is 14.7. The normalized spacial score (nSPS) is 16.6. The monoisotopic (exact) mass is 395 g/mol. The maximum absolute atomic E-state index is 13.1. The van der Waals surface area contributed by atoms with Gasteiger partial charge in [0.25, 0.3) is 5.91 Å². The molecule has 2 aromatic carbocycles. The number of carbonyl (C=O) groups is 1. The number of benzene rings is 2. The minimum absolute atomic E-state index is 0.0166. The molecule has 0 spiro atoms. The number of likely N-dealkylation sites (tertiary alicyclic amines) is 1. The van der Waals surface area contributed by atoms with Gasteiger partial charge < -0.3 is 14.1 Å². The van der Waals surface area contributed by atoms with Crippen LogP contribution in [0.1, 0.15) is 41.9 Å². The molecule has 0 aliphatic carbocycles. The number of hydrogen-bond donors (Lipinski definition) is 0. The quantitative estimate of drug-likeness (QED) is 0.644. The van der Waals surface area contributed by atoms with Crippen LogP contribution in [-0.4, -0.2) is 40.7 Å². The van der Waals surface area contributed by atoms with Crippen LogP contribution in [-0.2, 0) is 0 Å².